The third-order valence-electron chi connectivity index (χ3n) is 5.72. The van der Waals surface area contributed by atoms with Crippen molar-refractivity contribution in [3.05, 3.63) is 22.9 Å². The molecule has 0 aromatic carbocycles. The van der Waals surface area contributed by atoms with Crippen LogP contribution in [0.3, 0.4) is 0 Å². The van der Waals surface area contributed by atoms with Gasteiger partial charge in [0.25, 0.3) is 0 Å². The SMILES string of the molecule is CNC(=O)[C@]12CCOC[C@H]1CN(c1nc3c(cc1C#N)COCC3)C2. The normalized spacial score (nSPS) is 28.0. The van der Waals surface area contributed by atoms with Crippen LogP contribution in [0.15, 0.2) is 6.07 Å². The molecule has 1 aromatic rings. The Balaban J connectivity index is 1.71. The highest BCUT2D eigenvalue weighted by molar-refractivity contribution is 5.84. The van der Waals surface area contributed by atoms with Gasteiger partial charge in [0, 0.05) is 44.6 Å². The zero-order valence-electron chi connectivity index (χ0n) is 14.4. The molecule has 1 amide bonds. The van der Waals surface area contributed by atoms with Gasteiger partial charge in [-0.15, -0.1) is 0 Å². The highest BCUT2D eigenvalue weighted by atomic mass is 16.5. The van der Waals surface area contributed by atoms with E-state index in [-0.39, 0.29) is 11.8 Å². The van der Waals surface area contributed by atoms with Crippen LogP contribution in [0, 0.1) is 22.7 Å². The van der Waals surface area contributed by atoms with Gasteiger partial charge >= 0.3 is 0 Å². The Kier molecular flexibility index (Phi) is 4.10. The number of hydrogen-bond donors (Lipinski definition) is 1. The first kappa shape index (κ1) is 16.3. The number of carbonyl (C=O) groups excluding carboxylic acids is 1. The van der Waals surface area contributed by atoms with E-state index in [0.717, 1.165) is 17.7 Å². The third kappa shape index (κ3) is 2.57. The summed E-state index contributed by atoms with van der Waals surface area (Å²) in [6.45, 7) is 3.60. The van der Waals surface area contributed by atoms with Crippen molar-refractivity contribution in [3.63, 3.8) is 0 Å². The molecule has 25 heavy (non-hydrogen) atoms. The lowest BCUT2D eigenvalue weighted by molar-refractivity contribution is -0.138. The number of nitrogens with zero attached hydrogens (tertiary/aromatic N) is 3. The summed E-state index contributed by atoms with van der Waals surface area (Å²) in [4.78, 5) is 19.5. The fourth-order valence-electron chi connectivity index (χ4n) is 4.33. The molecule has 132 valence electrons. The minimum Gasteiger partial charge on any atom is -0.381 e. The van der Waals surface area contributed by atoms with Gasteiger partial charge in [-0.3, -0.25) is 4.79 Å². The molecule has 3 aliphatic heterocycles. The Morgan fingerprint density at radius 2 is 2.36 bits per heavy atom. The molecule has 4 heterocycles. The first-order chi connectivity index (χ1) is 12.2. The van der Waals surface area contributed by atoms with Gasteiger partial charge in [0.15, 0.2) is 0 Å². The molecule has 7 heteroatoms. The van der Waals surface area contributed by atoms with E-state index in [1.807, 2.05) is 6.07 Å². The molecule has 3 aliphatic rings. The molecule has 4 rings (SSSR count). The lowest BCUT2D eigenvalue weighted by atomic mass is 9.73. The molecule has 2 fully saturated rings. The Labute approximate surface area is 146 Å². The fraction of sp³-hybridized carbons (Fsp3) is 0.611. The van der Waals surface area contributed by atoms with E-state index in [1.54, 1.807) is 7.05 Å². The maximum absolute atomic E-state index is 12.6. The topological polar surface area (TPSA) is 87.5 Å². The number of pyridine rings is 1. The van der Waals surface area contributed by atoms with Crippen molar-refractivity contribution in [1.29, 1.82) is 5.26 Å². The van der Waals surface area contributed by atoms with E-state index >= 15 is 0 Å². The average Bonchev–Trinajstić information content (AvgIpc) is 3.07. The van der Waals surface area contributed by atoms with Crippen LogP contribution in [0.1, 0.15) is 23.2 Å². The quantitative estimate of drug-likeness (QED) is 0.847. The van der Waals surface area contributed by atoms with Crippen LogP contribution >= 0.6 is 0 Å². The van der Waals surface area contributed by atoms with Gasteiger partial charge in [-0.25, -0.2) is 4.98 Å². The van der Waals surface area contributed by atoms with Crippen LogP contribution in [-0.2, 0) is 27.3 Å². The van der Waals surface area contributed by atoms with E-state index in [0.29, 0.717) is 57.3 Å². The van der Waals surface area contributed by atoms with Crippen molar-refractivity contribution in [2.24, 2.45) is 11.3 Å². The maximum Gasteiger partial charge on any atom is 0.228 e. The monoisotopic (exact) mass is 342 g/mol. The maximum atomic E-state index is 12.6. The first-order valence-corrected chi connectivity index (χ1v) is 8.73. The number of amides is 1. The lowest BCUT2D eigenvalue weighted by Crippen LogP contribution is -2.49. The highest BCUT2D eigenvalue weighted by Gasteiger charge is 2.53. The standard InChI is InChI=1S/C18H22N4O3/c1-20-17(23)18-3-5-25-10-14(18)8-22(11-18)16-12(7-19)6-13-9-24-4-2-15(13)21-16/h6,14H,2-5,8-11H2,1H3,(H,20,23)/t14-,18+/m1/s1. The number of fused-ring (bicyclic) bond motifs is 2. The van der Waals surface area contributed by atoms with Gasteiger partial charge in [-0.05, 0) is 12.5 Å². The molecule has 0 unspecified atom stereocenters. The first-order valence-electron chi connectivity index (χ1n) is 8.73. The number of nitriles is 1. The number of hydrogen-bond acceptors (Lipinski definition) is 6. The van der Waals surface area contributed by atoms with Crippen LogP contribution < -0.4 is 10.2 Å². The second-order valence-electron chi connectivity index (χ2n) is 7.02. The minimum atomic E-state index is -0.458. The molecule has 0 saturated carbocycles. The zero-order chi connectivity index (χ0) is 17.4. The highest BCUT2D eigenvalue weighted by Crippen LogP contribution is 2.44. The van der Waals surface area contributed by atoms with Gasteiger partial charge in [-0.2, -0.15) is 5.26 Å². The second-order valence-corrected chi connectivity index (χ2v) is 7.02. The Bertz CT molecular complexity index is 745. The molecule has 0 spiro atoms. The van der Waals surface area contributed by atoms with Crippen LogP contribution in [0.5, 0.6) is 0 Å². The van der Waals surface area contributed by atoms with Crippen molar-refractivity contribution in [2.75, 3.05) is 44.9 Å². The molecule has 0 radical (unpaired) electrons. The van der Waals surface area contributed by atoms with Crippen molar-refractivity contribution in [1.82, 2.24) is 10.3 Å². The molecule has 1 aromatic heterocycles. The summed E-state index contributed by atoms with van der Waals surface area (Å²) in [6.07, 6.45) is 1.46. The van der Waals surface area contributed by atoms with Gasteiger partial charge in [0.1, 0.15) is 11.9 Å². The van der Waals surface area contributed by atoms with E-state index in [9.17, 15) is 10.1 Å². The van der Waals surface area contributed by atoms with Crippen molar-refractivity contribution < 1.29 is 14.3 Å². The fourth-order valence-corrected chi connectivity index (χ4v) is 4.33. The van der Waals surface area contributed by atoms with E-state index in [4.69, 9.17) is 14.5 Å². The van der Waals surface area contributed by atoms with Gasteiger partial charge in [0.05, 0.1) is 36.5 Å². The van der Waals surface area contributed by atoms with E-state index in [1.165, 1.54) is 0 Å². The van der Waals surface area contributed by atoms with E-state index < -0.39 is 5.41 Å². The van der Waals surface area contributed by atoms with Crippen LogP contribution in [0.4, 0.5) is 5.82 Å². The number of anilines is 1. The zero-order valence-corrected chi connectivity index (χ0v) is 14.4. The summed E-state index contributed by atoms with van der Waals surface area (Å²) in [5.41, 5.74) is 2.09. The summed E-state index contributed by atoms with van der Waals surface area (Å²) < 4.78 is 11.1. The number of ether oxygens (including phenoxy) is 2. The van der Waals surface area contributed by atoms with Gasteiger partial charge in [-0.1, -0.05) is 0 Å². The number of nitrogens with one attached hydrogen (secondary N) is 1. The van der Waals surface area contributed by atoms with Crippen LogP contribution in [0.2, 0.25) is 0 Å². The summed E-state index contributed by atoms with van der Waals surface area (Å²) in [7, 11) is 1.68. The number of rotatable bonds is 2. The molecular formula is C18H22N4O3. The van der Waals surface area contributed by atoms with Crippen molar-refractivity contribution in [3.8, 4) is 6.07 Å². The Morgan fingerprint density at radius 1 is 1.48 bits per heavy atom. The summed E-state index contributed by atoms with van der Waals surface area (Å²) in [5.74, 6) is 0.878. The summed E-state index contributed by atoms with van der Waals surface area (Å²) >= 11 is 0. The Morgan fingerprint density at radius 3 is 3.16 bits per heavy atom. The molecule has 0 aliphatic carbocycles. The third-order valence-corrected chi connectivity index (χ3v) is 5.72. The van der Waals surface area contributed by atoms with Gasteiger partial charge in [0.2, 0.25) is 5.91 Å². The van der Waals surface area contributed by atoms with E-state index in [2.05, 4.69) is 16.3 Å². The molecule has 7 nitrogen and oxygen atoms in total. The smallest absolute Gasteiger partial charge is 0.228 e. The Hall–Kier alpha value is -2.17. The molecular weight excluding hydrogens is 320 g/mol. The predicted octanol–water partition coefficient (Wildman–Crippen LogP) is 0.615. The number of aromatic nitrogens is 1. The van der Waals surface area contributed by atoms with Gasteiger partial charge < -0.3 is 19.7 Å². The largest absolute Gasteiger partial charge is 0.381 e. The lowest BCUT2D eigenvalue weighted by Gasteiger charge is -2.36. The second kappa shape index (κ2) is 6.28. The number of carbonyl (C=O) groups is 1. The molecule has 0 bridgehead atoms. The molecule has 2 saturated heterocycles. The van der Waals surface area contributed by atoms with Crippen molar-refractivity contribution >= 4 is 11.7 Å². The minimum absolute atomic E-state index is 0.0631. The summed E-state index contributed by atoms with van der Waals surface area (Å²) in [6, 6.07) is 4.16. The molecule has 1 N–H and O–H groups in total. The van der Waals surface area contributed by atoms with Crippen LogP contribution in [0.25, 0.3) is 0 Å². The predicted molar refractivity (Wildman–Crippen MR) is 90.0 cm³/mol. The summed E-state index contributed by atoms with van der Waals surface area (Å²) in [5, 5.41) is 12.4. The molecule has 2 atom stereocenters. The van der Waals surface area contributed by atoms with Crippen molar-refractivity contribution in [2.45, 2.75) is 19.4 Å². The average molecular weight is 342 g/mol. The van der Waals surface area contributed by atoms with Crippen LogP contribution in [-0.4, -0.2) is 50.8 Å².